The number of benzene rings is 2. The molecule has 0 radical (unpaired) electrons. The third-order valence-electron chi connectivity index (χ3n) is 3.59. The van der Waals surface area contributed by atoms with Crippen LogP contribution in [0.4, 0.5) is 5.69 Å². The van der Waals surface area contributed by atoms with Gasteiger partial charge in [0.1, 0.15) is 0 Å². The lowest BCUT2D eigenvalue weighted by Gasteiger charge is -2.12. The molecule has 0 fully saturated rings. The Labute approximate surface area is 149 Å². The van der Waals surface area contributed by atoms with E-state index in [1.165, 1.54) is 6.08 Å². The van der Waals surface area contributed by atoms with Crippen LogP contribution < -0.4 is 14.8 Å². The highest BCUT2D eigenvalue weighted by atomic mass is 16.5. The molecule has 0 unspecified atom stereocenters. The molecule has 25 heavy (non-hydrogen) atoms. The van der Waals surface area contributed by atoms with E-state index in [1.807, 2.05) is 49.4 Å². The van der Waals surface area contributed by atoms with Crippen molar-refractivity contribution >= 4 is 17.7 Å². The number of nitrogens with one attached hydrogen (secondary N) is 1. The molecular weight excluding hydrogens is 314 g/mol. The van der Waals surface area contributed by atoms with Gasteiger partial charge in [-0.2, -0.15) is 0 Å². The summed E-state index contributed by atoms with van der Waals surface area (Å²) in [6, 6.07) is 13.3. The molecule has 0 saturated carbocycles. The number of aryl methyl sites for hydroxylation is 1. The fourth-order valence-electron chi connectivity index (χ4n) is 2.22. The van der Waals surface area contributed by atoms with E-state index in [0.717, 1.165) is 16.8 Å². The van der Waals surface area contributed by atoms with Gasteiger partial charge in [-0.05, 0) is 48.2 Å². The van der Waals surface area contributed by atoms with Gasteiger partial charge in [-0.15, -0.1) is 0 Å². The highest BCUT2D eigenvalue weighted by molar-refractivity contribution is 6.02. The van der Waals surface area contributed by atoms with Crippen molar-refractivity contribution < 1.29 is 14.3 Å². The standard InChI is InChI=1S/C21H25NO3/c1-15(2)14-25-19-11-9-17(13-20(19)24-4)10-12-21(23)22-18-8-6-5-7-16(18)3/h5-13,15H,14H2,1-4H3,(H,22,23)/b12-10+. The molecule has 0 atom stereocenters. The molecule has 0 aliphatic heterocycles. The molecule has 0 aromatic heterocycles. The molecule has 2 rings (SSSR count). The molecule has 2 aromatic carbocycles. The van der Waals surface area contributed by atoms with Crippen LogP contribution in [-0.4, -0.2) is 19.6 Å². The summed E-state index contributed by atoms with van der Waals surface area (Å²) in [5, 5.41) is 2.87. The lowest BCUT2D eigenvalue weighted by Crippen LogP contribution is -2.08. The van der Waals surface area contributed by atoms with Crippen LogP contribution in [0.25, 0.3) is 6.08 Å². The van der Waals surface area contributed by atoms with Crippen molar-refractivity contribution in [3.05, 3.63) is 59.7 Å². The lowest BCUT2D eigenvalue weighted by atomic mass is 10.1. The van der Waals surface area contributed by atoms with Gasteiger partial charge in [0, 0.05) is 11.8 Å². The molecule has 4 nitrogen and oxygen atoms in total. The Balaban J connectivity index is 2.05. The Hall–Kier alpha value is -2.75. The second-order valence-electron chi connectivity index (χ2n) is 6.25. The van der Waals surface area contributed by atoms with Crippen LogP contribution in [0.3, 0.4) is 0 Å². The summed E-state index contributed by atoms with van der Waals surface area (Å²) >= 11 is 0. The van der Waals surface area contributed by atoms with Crippen molar-refractivity contribution in [1.82, 2.24) is 0 Å². The lowest BCUT2D eigenvalue weighted by molar-refractivity contribution is -0.111. The molecule has 1 N–H and O–H groups in total. The Morgan fingerprint density at radius 1 is 1.16 bits per heavy atom. The quantitative estimate of drug-likeness (QED) is 0.744. The molecule has 0 saturated heterocycles. The van der Waals surface area contributed by atoms with Crippen molar-refractivity contribution in [2.45, 2.75) is 20.8 Å². The molecule has 132 valence electrons. The van der Waals surface area contributed by atoms with E-state index in [2.05, 4.69) is 19.2 Å². The maximum absolute atomic E-state index is 12.1. The normalized spacial score (nSPS) is 10.9. The summed E-state index contributed by atoms with van der Waals surface area (Å²) in [5.41, 5.74) is 2.71. The van der Waals surface area contributed by atoms with Gasteiger partial charge in [-0.25, -0.2) is 0 Å². The van der Waals surface area contributed by atoms with E-state index in [4.69, 9.17) is 9.47 Å². The van der Waals surface area contributed by atoms with E-state index < -0.39 is 0 Å². The zero-order valence-corrected chi connectivity index (χ0v) is 15.2. The third-order valence-corrected chi connectivity index (χ3v) is 3.59. The van der Waals surface area contributed by atoms with Crippen molar-refractivity contribution in [3.8, 4) is 11.5 Å². The number of hydrogen-bond donors (Lipinski definition) is 1. The van der Waals surface area contributed by atoms with E-state index in [9.17, 15) is 4.79 Å². The minimum Gasteiger partial charge on any atom is -0.493 e. The molecule has 1 amide bonds. The topological polar surface area (TPSA) is 47.6 Å². The van der Waals surface area contributed by atoms with Crippen molar-refractivity contribution in [2.75, 3.05) is 19.0 Å². The zero-order chi connectivity index (χ0) is 18.2. The Morgan fingerprint density at radius 3 is 2.60 bits per heavy atom. The summed E-state index contributed by atoms with van der Waals surface area (Å²) in [6.45, 7) is 6.78. The van der Waals surface area contributed by atoms with Crippen LogP contribution in [0.5, 0.6) is 11.5 Å². The highest BCUT2D eigenvalue weighted by Gasteiger charge is 2.06. The summed E-state index contributed by atoms with van der Waals surface area (Å²) in [4.78, 5) is 12.1. The van der Waals surface area contributed by atoms with Crippen molar-refractivity contribution in [2.24, 2.45) is 5.92 Å². The number of amides is 1. The van der Waals surface area contributed by atoms with Gasteiger partial charge in [0.15, 0.2) is 11.5 Å². The maximum atomic E-state index is 12.1. The molecular formula is C21H25NO3. The van der Waals surface area contributed by atoms with Gasteiger partial charge < -0.3 is 14.8 Å². The molecule has 0 spiro atoms. The van der Waals surface area contributed by atoms with Crippen LogP contribution in [0, 0.1) is 12.8 Å². The van der Waals surface area contributed by atoms with Gasteiger partial charge in [-0.1, -0.05) is 38.1 Å². The maximum Gasteiger partial charge on any atom is 0.248 e. The van der Waals surface area contributed by atoms with Gasteiger partial charge in [0.25, 0.3) is 0 Å². The summed E-state index contributed by atoms with van der Waals surface area (Å²) in [6.07, 6.45) is 3.26. The molecule has 4 heteroatoms. The number of carbonyl (C=O) groups excluding carboxylic acids is 1. The first-order valence-corrected chi connectivity index (χ1v) is 8.35. The summed E-state index contributed by atoms with van der Waals surface area (Å²) in [7, 11) is 1.61. The Kier molecular flexibility index (Phi) is 6.63. The average Bonchev–Trinajstić information content (AvgIpc) is 2.60. The first kappa shape index (κ1) is 18.6. The first-order chi connectivity index (χ1) is 12.0. The molecule has 0 bridgehead atoms. The van der Waals surface area contributed by atoms with Crippen LogP contribution >= 0.6 is 0 Å². The van der Waals surface area contributed by atoms with Gasteiger partial charge in [-0.3, -0.25) is 4.79 Å². The monoisotopic (exact) mass is 339 g/mol. The number of para-hydroxylation sites is 1. The predicted molar refractivity (Wildman–Crippen MR) is 102 cm³/mol. The van der Waals surface area contributed by atoms with E-state index in [0.29, 0.717) is 24.0 Å². The third kappa shape index (κ3) is 5.68. The van der Waals surface area contributed by atoms with Gasteiger partial charge in [0.2, 0.25) is 5.91 Å². The first-order valence-electron chi connectivity index (χ1n) is 8.35. The second kappa shape index (κ2) is 8.92. The Morgan fingerprint density at radius 2 is 1.92 bits per heavy atom. The zero-order valence-electron chi connectivity index (χ0n) is 15.2. The van der Waals surface area contributed by atoms with Gasteiger partial charge >= 0.3 is 0 Å². The highest BCUT2D eigenvalue weighted by Crippen LogP contribution is 2.29. The number of ether oxygens (including phenoxy) is 2. The van der Waals surface area contributed by atoms with Crippen LogP contribution in [0.1, 0.15) is 25.0 Å². The van der Waals surface area contributed by atoms with Crippen molar-refractivity contribution in [3.63, 3.8) is 0 Å². The molecule has 0 aliphatic rings. The summed E-state index contributed by atoms with van der Waals surface area (Å²) in [5.74, 6) is 1.63. The SMILES string of the molecule is COc1cc(/C=C/C(=O)Nc2ccccc2C)ccc1OCC(C)C. The minimum atomic E-state index is -0.173. The Bertz CT molecular complexity index is 751. The fourth-order valence-corrected chi connectivity index (χ4v) is 2.22. The smallest absolute Gasteiger partial charge is 0.248 e. The number of anilines is 1. The minimum absolute atomic E-state index is 0.173. The second-order valence-corrected chi connectivity index (χ2v) is 6.25. The molecule has 0 heterocycles. The molecule has 2 aromatic rings. The van der Waals surface area contributed by atoms with Crippen molar-refractivity contribution in [1.29, 1.82) is 0 Å². The van der Waals surface area contributed by atoms with Gasteiger partial charge in [0.05, 0.1) is 13.7 Å². The number of rotatable bonds is 7. The average molecular weight is 339 g/mol. The number of methoxy groups -OCH3 is 1. The molecule has 0 aliphatic carbocycles. The largest absolute Gasteiger partial charge is 0.493 e. The fraction of sp³-hybridized carbons (Fsp3) is 0.286. The number of hydrogen-bond acceptors (Lipinski definition) is 3. The van der Waals surface area contributed by atoms with Crippen LogP contribution in [0.2, 0.25) is 0 Å². The van der Waals surface area contributed by atoms with E-state index in [-0.39, 0.29) is 5.91 Å². The summed E-state index contributed by atoms with van der Waals surface area (Å²) < 4.78 is 11.1. The van der Waals surface area contributed by atoms with Crippen LogP contribution in [-0.2, 0) is 4.79 Å². The van der Waals surface area contributed by atoms with E-state index in [1.54, 1.807) is 13.2 Å². The van der Waals surface area contributed by atoms with Crippen LogP contribution in [0.15, 0.2) is 48.5 Å². The van der Waals surface area contributed by atoms with E-state index >= 15 is 0 Å². The number of carbonyl (C=O) groups is 1. The predicted octanol–water partition coefficient (Wildman–Crippen LogP) is 4.69.